The molecule has 0 bridgehead atoms. The number of carboxylic acids is 1. The van der Waals surface area contributed by atoms with Gasteiger partial charge in [-0.2, -0.15) is 0 Å². The van der Waals surface area contributed by atoms with E-state index in [1.54, 1.807) is 25.3 Å². The second kappa shape index (κ2) is 7.10. The van der Waals surface area contributed by atoms with Gasteiger partial charge in [0, 0.05) is 6.92 Å². The molecule has 0 saturated heterocycles. The maximum atomic E-state index is 9.00. The fraction of sp³-hybridized carbons (Fsp3) is 0.273. The highest BCUT2D eigenvalue weighted by molar-refractivity contribution is 5.98. The number of aliphatic carboxylic acids is 1. The smallest absolute Gasteiger partial charge is 0.300 e. The van der Waals surface area contributed by atoms with Gasteiger partial charge in [-0.3, -0.25) is 10.2 Å². The number of hydrogen-bond donors (Lipinski definition) is 3. The van der Waals surface area contributed by atoms with Crippen molar-refractivity contribution < 1.29 is 19.4 Å². The van der Waals surface area contributed by atoms with E-state index in [2.05, 4.69) is 0 Å². The molecule has 0 aliphatic rings. The Morgan fingerprint density at radius 1 is 1.35 bits per heavy atom. The standard InChI is InChI=1S/C9H12N2O2.C2H4O2/c1-12-7-5-3-4-6(9(10)11)8(7)13-2;1-2(3)4/h3-5H,1-2H3,(H3,10,11);1H3,(H,3,4). The molecule has 4 N–H and O–H groups in total. The summed E-state index contributed by atoms with van der Waals surface area (Å²) >= 11 is 0. The Hall–Kier alpha value is -2.24. The molecular weight excluding hydrogens is 224 g/mol. The molecule has 6 nitrogen and oxygen atoms in total. The Morgan fingerprint density at radius 2 is 1.88 bits per heavy atom. The van der Waals surface area contributed by atoms with Gasteiger partial charge in [0.15, 0.2) is 11.5 Å². The Morgan fingerprint density at radius 3 is 2.24 bits per heavy atom. The molecule has 1 rings (SSSR count). The van der Waals surface area contributed by atoms with Crippen LogP contribution >= 0.6 is 0 Å². The number of carbonyl (C=O) groups is 1. The third-order valence-electron chi connectivity index (χ3n) is 1.69. The number of methoxy groups -OCH3 is 2. The molecule has 0 aliphatic heterocycles. The number of carboxylic acid groups (broad SMARTS) is 1. The summed E-state index contributed by atoms with van der Waals surface area (Å²) in [6.07, 6.45) is 0. The van der Waals surface area contributed by atoms with E-state index in [1.165, 1.54) is 7.11 Å². The summed E-state index contributed by atoms with van der Waals surface area (Å²) in [5, 5.41) is 14.7. The summed E-state index contributed by atoms with van der Waals surface area (Å²) in [6.45, 7) is 1.08. The molecule has 0 aromatic heterocycles. The molecule has 1 aromatic rings. The van der Waals surface area contributed by atoms with Crippen LogP contribution in [0.5, 0.6) is 11.5 Å². The van der Waals surface area contributed by atoms with Crippen LogP contribution < -0.4 is 15.2 Å². The first-order valence-corrected chi connectivity index (χ1v) is 4.69. The van der Waals surface area contributed by atoms with Crippen molar-refractivity contribution in [3.05, 3.63) is 23.8 Å². The van der Waals surface area contributed by atoms with Gasteiger partial charge < -0.3 is 20.3 Å². The minimum atomic E-state index is -0.833. The van der Waals surface area contributed by atoms with Gasteiger partial charge in [0.1, 0.15) is 5.84 Å². The number of nitrogens with one attached hydrogen (secondary N) is 1. The molecule has 94 valence electrons. The van der Waals surface area contributed by atoms with Crippen molar-refractivity contribution in [1.82, 2.24) is 0 Å². The Bertz CT molecular complexity index is 400. The number of nitrogens with two attached hydrogens (primary N) is 1. The molecule has 0 aliphatic carbocycles. The highest BCUT2D eigenvalue weighted by atomic mass is 16.5. The molecule has 0 heterocycles. The van der Waals surface area contributed by atoms with Gasteiger partial charge >= 0.3 is 0 Å². The van der Waals surface area contributed by atoms with Gasteiger partial charge in [0.25, 0.3) is 5.97 Å². The molecule has 6 heteroatoms. The van der Waals surface area contributed by atoms with Crippen LogP contribution in [0.4, 0.5) is 0 Å². The number of para-hydroxylation sites is 1. The van der Waals surface area contributed by atoms with Gasteiger partial charge in [0.05, 0.1) is 19.8 Å². The van der Waals surface area contributed by atoms with Crippen LogP contribution in [0.15, 0.2) is 18.2 Å². The highest BCUT2D eigenvalue weighted by Crippen LogP contribution is 2.29. The van der Waals surface area contributed by atoms with Crippen molar-refractivity contribution in [1.29, 1.82) is 5.41 Å². The van der Waals surface area contributed by atoms with Crippen LogP contribution in [0.2, 0.25) is 0 Å². The Labute approximate surface area is 99.5 Å². The van der Waals surface area contributed by atoms with Crippen LogP contribution in [0.3, 0.4) is 0 Å². The largest absolute Gasteiger partial charge is 0.493 e. The number of benzene rings is 1. The lowest BCUT2D eigenvalue weighted by Crippen LogP contribution is -2.12. The molecule has 0 unspecified atom stereocenters. The zero-order chi connectivity index (χ0) is 13.4. The summed E-state index contributed by atoms with van der Waals surface area (Å²) in [5.41, 5.74) is 5.90. The predicted molar refractivity (Wildman–Crippen MR) is 63.9 cm³/mol. The van der Waals surface area contributed by atoms with Crippen LogP contribution in [0, 0.1) is 5.41 Å². The van der Waals surface area contributed by atoms with Gasteiger partial charge in [-0.1, -0.05) is 6.07 Å². The van der Waals surface area contributed by atoms with Crippen molar-refractivity contribution in [3.8, 4) is 11.5 Å². The first-order chi connectivity index (χ1) is 7.93. The van der Waals surface area contributed by atoms with Crippen LogP contribution in [-0.4, -0.2) is 31.1 Å². The Kier molecular flexibility index (Phi) is 6.17. The maximum absolute atomic E-state index is 9.00. The summed E-state index contributed by atoms with van der Waals surface area (Å²) in [4.78, 5) is 9.00. The zero-order valence-corrected chi connectivity index (χ0v) is 9.98. The number of rotatable bonds is 3. The quantitative estimate of drug-likeness (QED) is 0.541. The molecule has 0 amide bonds. The van der Waals surface area contributed by atoms with Gasteiger partial charge in [0.2, 0.25) is 0 Å². The SMILES string of the molecule is CC(=O)O.COc1cccc(C(=N)N)c1OC. The van der Waals surface area contributed by atoms with E-state index in [0.29, 0.717) is 17.1 Å². The van der Waals surface area contributed by atoms with E-state index in [1.807, 2.05) is 0 Å². The maximum Gasteiger partial charge on any atom is 0.300 e. The topological polar surface area (TPSA) is 106 Å². The highest BCUT2D eigenvalue weighted by Gasteiger charge is 2.10. The average Bonchev–Trinajstić information content (AvgIpc) is 2.26. The molecule has 0 fully saturated rings. The number of nitrogen functional groups attached to an aromatic ring is 1. The van der Waals surface area contributed by atoms with E-state index in [9.17, 15) is 0 Å². The monoisotopic (exact) mass is 240 g/mol. The molecular formula is C11H16N2O4. The van der Waals surface area contributed by atoms with Crippen molar-refractivity contribution >= 4 is 11.8 Å². The lowest BCUT2D eigenvalue weighted by molar-refractivity contribution is -0.134. The molecule has 0 saturated carbocycles. The van der Waals surface area contributed by atoms with E-state index in [4.69, 9.17) is 30.5 Å². The van der Waals surface area contributed by atoms with E-state index >= 15 is 0 Å². The minimum Gasteiger partial charge on any atom is -0.493 e. The summed E-state index contributed by atoms with van der Waals surface area (Å²) < 4.78 is 10.1. The third kappa shape index (κ3) is 4.87. The molecule has 1 aromatic carbocycles. The van der Waals surface area contributed by atoms with Gasteiger partial charge in [-0.15, -0.1) is 0 Å². The van der Waals surface area contributed by atoms with Crippen LogP contribution in [0.25, 0.3) is 0 Å². The van der Waals surface area contributed by atoms with Crippen molar-refractivity contribution in [2.75, 3.05) is 14.2 Å². The van der Waals surface area contributed by atoms with Gasteiger partial charge in [-0.05, 0) is 12.1 Å². The molecule has 0 atom stereocenters. The normalized spacial score (nSPS) is 8.65. The first-order valence-electron chi connectivity index (χ1n) is 4.69. The second-order valence-corrected chi connectivity index (χ2v) is 2.97. The predicted octanol–water partition coefficient (Wildman–Crippen LogP) is 1.08. The van der Waals surface area contributed by atoms with Crippen molar-refractivity contribution in [3.63, 3.8) is 0 Å². The number of amidine groups is 1. The fourth-order valence-electron chi connectivity index (χ4n) is 1.10. The summed E-state index contributed by atoms with van der Waals surface area (Å²) in [6, 6.07) is 5.23. The summed E-state index contributed by atoms with van der Waals surface area (Å²) in [7, 11) is 3.06. The van der Waals surface area contributed by atoms with E-state index in [-0.39, 0.29) is 5.84 Å². The van der Waals surface area contributed by atoms with Crippen molar-refractivity contribution in [2.45, 2.75) is 6.92 Å². The minimum absolute atomic E-state index is 0.0317. The molecule has 17 heavy (non-hydrogen) atoms. The van der Waals surface area contributed by atoms with Gasteiger partial charge in [-0.25, -0.2) is 0 Å². The lowest BCUT2D eigenvalue weighted by Gasteiger charge is -2.10. The van der Waals surface area contributed by atoms with E-state index < -0.39 is 5.97 Å². The van der Waals surface area contributed by atoms with Crippen LogP contribution in [-0.2, 0) is 4.79 Å². The molecule has 0 spiro atoms. The average molecular weight is 240 g/mol. The first kappa shape index (κ1) is 14.8. The second-order valence-electron chi connectivity index (χ2n) is 2.97. The van der Waals surface area contributed by atoms with E-state index in [0.717, 1.165) is 6.92 Å². The number of ether oxygens (including phenoxy) is 2. The fourth-order valence-corrected chi connectivity index (χ4v) is 1.10. The number of hydrogen-bond acceptors (Lipinski definition) is 4. The lowest BCUT2D eigenvalue weighted by atomic mass is 10.1. The Balaban J connectivity index is 0.000000557. The summed E-state index contributed by atoms with van der Waals surface area (Å²) in [5.74, 6) is 0.212. The van der Waals surface area contributed by atoms with Crippen LogP contribution in [0.1, 0.15) is 12.5 Å². The third-order valence-corrected chi connectivity index (χ3v) is 1.69. The zero-order valence-electron chi connectivity index (χ0n) is 9.98. The van der Waals surface area contributed by atoms with Crippen molar-refractivity contribution in [2.24, 2.45) is 5.73 Å². The molecule has 0 radical (unpaired) electrons.